The van der Waals surface area contributed by atoms with Gasteiger partial charge in [0.05, 0.1) is 5.75 Å². The van der Waals surface area contributed by atoms with Crippen molar-refractivity contribution < 1.29 is 4.79 Å². The zero-order valence-electron chi connectivity index (χ0n) is 14.1. The molecule has 0 radical (unpaired) electrons. The Hall–Kier alpha value is -2.02. The van der Waals surface area contributed by atoms with Gasteiger partial charge < -0.3 is 14.8 Å². The lowest BCUT2D eigenvalue weighted by Crippen LogP contribution is -2.18. The summed E-state index contributed by atoms with van der Waals surface area (Å²) in [5.41, 5.74) is 2.05. The van der Waals surface area contributed by atoms with E-state index in [1.165, 1.54) is 30.3 Å². The maximum Gasteiger partial charge on any atom is 0.234 e. The van der Waals surface area contributed by atoms with Crippen molar-refractivity contribution in [2.45, 2.75) is 37.9 Å². The molecule has 1 aliphatic heterocycles. The molecule has 0 bridgehead atoms. The number of nitrogens with zero attached hydrogens (tertiary/aromatic N) is 4. The third kappa shape index (κ3) is 4.08. The van der Waals surface area contributed by atoms with Crippen molar-refractivity contribution in [2.75, 3.05) is 29.1 Å². The van der Waals surface area contributed by atoms with Crippen LogP contribution in [0.25, 0.3) is 0 Å². The highest BCUT2D eigenvalue weighted by Crippen LogP contribution is 2.23. The van der Waals surface area contributed by atoms with Crippen LogP contribution in [0.3, 0.4) is 0 Å². The van der Waals surface area contributed by atoms with E-state index in [0.29, 0.717) is 5.75 Å². The smallest absolute Gasteiger partial charge is 0.234 e. The minimum Gasteiger partial charge on any atom is -0.372 e. The van der Waals surface area contributed by atoms with Crippen molar-refractivity contribution in [3.8, 4) is 0 Å². The van der Waals surface area contributed by atoms with Crippen LogP contribution >= 0.6 is 11.8 Å². The molecule has 24 heavy (non-hydrogen) atoms. The van der Waals surface area contributed by atoms with Crippen LogP contribution in [-0.2, 0) is 4.79 Å². The number of carbonyl (C=O) groups is 1. The summed E-state index contributed by atoms with van der Waals surface area (Å²) in [7, 11) is 0. The number of thioether (sulfide) groups is 1. The summed E-state index contributed by atoms with van der Waals surface area (Å²) >= 11 is 1.40. The lowest BCUT2D eigenvalue weighted by molar-refractivity contribution is -0.113. The zero-order chi connectivity index (χ0) is 16.9. The molecule has 1 aromatic carbocycles. The van der Waals surface area contributed by atoms with Crippen molar-refractivity contribution >= 4 is 29.0 Å². The monoisotopic (exact) mass is 345 g/mol. The maximum absolute atomic E-state index is 12.1. The van der Waals surface area contributed by atoms with Crippen molar-refractivity contribution in [2.24, 2.45) is 0 Å². The average Bonchev–Trinajstić information content (AvgIpc) is 3.25. The van der Waals surface area contributed by atoms with E-state index < -0.39 is 0 Å². The number of rotatable bonds is 6. The highest BCUT2D eigenvalue weighted by molar-refractivity contribution is 7.99. The van der Waals surface area contributed by atoms with Gasteiger partial charge in [-0.15, -0.1) is 10.2 Å². The van der Waals surface area contributed by atoms with Crippen LogP contribution in [-0.4, -0.2) is 39.5 Å². The summed E-state index contributed by atoms with van der Waals surface area (Å²) in [5, 5.41) is 11.7. The maximum atomic E-state index is 12.1. The molecule has 3 rings (SSSR count). The first-order valence-corrected chi connectivity index (χ1v) is 9.29. The Morgan fingerprint density at radius 3 is 2.62 bits per heavy atom. The van der Waals surface area contributed by atoms with Crippen LogP contribution in [0.15, 0.2) is 35.7 Å². The summed E-state index contributed by atoms with van der Waals surface area (Å²) in [4.78, 5) is 14.5. The van der Waals surface area contributed by atoms with Crippen LogP contribution < -0.4 is 10.2 Å². The molecule has 1 aliphatic rings. The molecule has 1 N–H and O–H groups in total. The number of hydrogen-bond donors (Lipinski definition) is 1. The number of benzene rings is 1. The van der Waals surface area contributed by atoms with Crippen LogP contribution in [0, 0.1) is 0 Å². The third-order valence-corrected chi connectivity index (χ3v) is 5.01. The quantitative estimate of drug-likeness (QED) is 0.815. The van der Waals surface area contributed by atoms with Crippen molar-refractivity contribution in [3.05, 3.63) is 30.6 Å². The van der Waals surface area contributed by atoms with E-state index in [1.807, 2.05) is 16.7 Å². The lowest BCUT2D eigenvalue weighted by Gasteiger charge is -2.17. The molecule has 6 nitrogen and oxygen atoms in total. The Bertz CT molecular complexity index is 677. The molecule has 128 valence electrons. The van der Waals surface area contributed by atoms with Crippen LogP contribution in [0.5, 0.6) is 0 Å². The number of aromatic nitrogens is 3. The standard InChI is InChI=1S/C17H23N5OS/c1-13(2)22-12-18-20-17(22)24-11-16(23)19-14-5-7-15(8-6-14)21-9-3-4-10-21/h5-8,12-13H,3-4,9-11H2,1-2H3,(H,19,23). The van der Waals surface area contributed by atoms with Gasteiger partial charge in [-0.2, -0.15) is 0 Å². The molecule has 0 atom stereocenters. The number of carbonyl (C=O) groups excluding carboxylic acids is 1. The fourth-order valence-corrected chi connectivity index (χ4v) is 3.59. The summed E-state index contributed by atoms with van der Waals surface area (Å²) in [6, 6.07) is 8.36. The Labute approximate surface area is 146 Å². The van der Waals surface area contributed by atoms with Crippen LogP contribution in [0.4, 0.5) is 11.4 Å². The normalized spacial score (nSPS) is 14.4. The molecule has 1 saturated heterocycles. The molecule has 0 saturated carbocycles. The number of anilines is 2. The van der Waals surface area contributed by atoms with Gasteiger partial charge in [0.25, 0.3) is 0 Å². The summed E-state index contributed by atoms with van der Waals surface area (Å²) < 4.78 is 1.96. The number of hydrogen-bond acceptors (Lipinski definition) is 5. The SMILES string of the molecule is CC(C)n1cnnc1SCC(=O)Nc1ccc(N2CCCC2)cc1. The van der Waals surface area contributed by atoms with Gasteiger partial charge in [0.1, 0.15) is 6.33 Å². The van der Waals surface area contributed by atoms with Crippen molar-refractivity contribution in [1.29, 1.82) is 0 Å². The number of nitrogens with one attached hydrogen (secondary N) is 1. The first kappa shape index (κ1) is 16.8. The minimum absolute atomic E-state index is 0.0350. The van der Waals surface area contributed by atoms with E-state index >= 15 is 0 Å². The lowest BCUT2D eigenvalue weighted by atomic mass is 10.2. The second kappa shape index (κ2) is 7.70. The predicted octanol–water partition coefficient (Wildman–Crippen LogP) is 3.19. The van der Waals surface area contributed by atoms with Gasteiger partial charge >= 0.3 is 0 Å². The highest BCUT2D eigenvalue weighted by atomic mass is 32.2. The molecular formula is C17H23N5OS. The van der Waals surface area contributed by atoms with E-state index in [4.69, 9.17) is 0 Å². The predicted molar refractivity (Wildman–Crippen MR) is 97.6 cm³/mol. The Morgan fingerprint density at radius 2 is 1.96 bits per heavy atom. The Morgan fingerprint density at radius 1 is 1.25 bits per heavy atom. The van der Waals surface area contributed by atoms with Gasteiger partial charge in [-0.3, -0.25) is 4.79 Å². The summed E-state index contributed by atoms with van der Waals surface area (Å²) in [6.45, 7) is 6.38. The summed E-state index contributed by atoms with van der Waals surface area (Å²) in [6.07, 6.45) is 4.22. The largest absolute Gasteiger partial charge is 0.372 e. The minimum atomic E-state index is -0.0350. The second-order valence-electron chi connectivity index (χ2n) is 6.19. The molecule has 1 amide bonds. The zero-order valence-corrected chi connectivity index (χ0v) is 14.9. The van der Waals surface area contributed by atoms with Gasteiger partial charge in [0.2, 0.25) is 5.91 Å². The molecule has 2 aromatic rings. The van der Waals surface area contributed by atoms with Gasteiger partial charge in [0.15, 0.2) is 5.16 Å². The average molecular weight is 345 g/mol. The van der Waals surface area contributed by atoms with Crippen molar-refractivity contribution in [1.82, 2.24) is 14.8 Å². The van der Waals surface area contributed by atoms with E-state index in [0.717, 1.165) is 23.9 Å². The molecule has 0 aliphatic carbocycles. The fraction of sp³-hybridized carbons (Fsp3) is 0.471. The van der Waals surface area contributed by atoms with E-state index in [9.17, 15) is 4.79 Å². The summed E-state index contributed by atoms with van der Waals surface area (Å²) in [5.74, 6) is 0.284. The fourth-order valence-electron chi connectivity index (χ4n) is 2.75. The molecule has 1 aromatic heterocycles. The van der Waals surface area contributed by atoms with Crippen LogP contribution in [0.1, 0.15) is 32.7 Å². The Balaban J connectivity index is 1.52. The van der Waals surface area contributed by atoms with Gasteiger partial charge in [-0.25, -0.2) is 0 Å². The molecule has 1 fully saturated rings. The van der Waals surface area contributed by atoms with Crippen molar-refractivity contribution in [3.63, 3.8) is 0 Å². The van der Waals surface area contributed by atoms with E-state index in [-0.39, 0.29) is 11.9 Å². The van der Waals surface area contributed by atoms with Gasteiger partial charge in [-0.1, -0.05) is 11.8 Å². The topological polar surface area (TPSA) is 63.1 Å². The van der Waals surface area contributed by atoms with Gasteiger partial charge in [-0.05, 0) is 51.0 Å². The second-order valence-corrected chi connectivity index (χ2v) is 7.13. The molecular weight excluding hydrogens is 322 g/mol. The number of amides is 1. The molecule has 0 spiro atoms. The molecule has 7 heteroatoms. The van der Waals surface area contributed by atoms with E-state index in [1.54, 1.807) is 6.33 Å². The third-order valence-electron chi connectivity index (χ3n) is 4.05. The molecule has 0 unspecified atom stereocenters. The first-order valence-electron chi connectivity index (χ1n) is 8.30. The van der Waals surface area contributed by atoms with E-state index in [2.05, 4.69) is 46.4 Å². The Kier molecular flexibility index (Phi) is 5.40. The first-order chi connectivity index (χ1) is 11.6. The highest BCUT2D eigenvalue weighted by Gasteiger charge is 2.13. The van der Waals surface area contributed by atoms with Crippen LogP contribution in [0.2, 0.25) is 0 Å². The van der Waals surface area contributed by atoms with Gasteiger partial charge in [0, 0.05) is 30.5 Å². The molecule has 2 heterocycles.